The van der Waals surface area contributed by atoms with Crippen LogP contribution in [0.15, 0.2) is 42.7 Å². The van der Waals surface area contributed by atoms with E-state index in [0.29, 0.717) is 0 Å². The molecule has 1 aromatic carbocycles. The van der Waals surface area contributed by atoms with E-state index < -0.39 is 0 Å². The zero-order chi connectivity index (χ0) is 13.7. The first kappa shape index (κ1) is 13.8. The Labute approximate surface area is 115 Å². The Bertz CT molecular complexity index is 517. The number of aryl methyl sites for hydroxylation is 2. The van der Waals surface area contributed by atoms with Crippen molar-refractivity contribution in [3.63, 3.8) is 0 Å². The first-order valence-corrected chi connectivity index (χ1v) is 6.93. The number of pyridine rings is 1. The van der Waals surface area contributed by atoms with Gasteiger partial charge in [0.1, 0.15) is 0 Å². The minimum atomic E-state index is 0.235. The van der Waals surface area contributed by atoms with Gasteiger partial charge in [-0.3, -0.25) is 4.98 Å². The SMILES string of the molecule is CCCc1ccc(C(NC)c2ccncc2C)cc1. The highest BCUT2D eigenvalue weighted by Gasteiger charge is 2.13. The number of benzene rings is 1. The van der Waals surface area contributed by atoms with Gasteiger partial charge in [-0.2, -0.15) is 0 Å². The summed E-state index contributed by atoms with van der Waals surface area (Å²) in [5.74, 6) is 0. The maximum atomic E-state index is 4.17. The summed E-state index contributed by atoms with van der Waals surface area (Å²) in [5.41, 5.74) is 5.23. The topological polar surface area (TPSA) is 24.9 Å². The van der Waals surface area contributed by atoms with Gasteiger partial charge in [0.05, 0.1) is 6.04 Å². The average Bonchev–Trinajstić information content (AvgIpc) is 2.44. The van der Waals surface area contributed by atoms with Gasteiger partial charge in [-0.15, -0.1) is 0 Å². The molecular weight excluding hydrogens is 232 g/mol. The van der Waals surface area contributed by atoms with Gasteiger partial charge in [0.25, 0.3) is 0 Å². The summed E-state index contributed by atoms with van der Waals surface area (Å²) in [5, 5.41) is 3.40. The third-order valence-corrected chi connectivity index (χ3v) is 3.52. The third kappa shape index (κ3) is 3.21. The molecule has 1 aromatic heterocycles. The predicted molar refractivity (Wildman–Crippen MR) is 80.3 cm³/mol. The lowest BCUT2D eigenvalue weighted by Gasteiger charge is -2.19. The summed E-state index contributed by atoms with van der Waals surface area (Å²) in [6.45, 7) is 4.32. The molecule has 1 unspecified atom stereocenters. The number of hydrogen-bond donors (Lipinski definition) is 1. The second-order valence-corrected chi connectivity index (χ2v) is 4.95. The van der Waals surface area contributed by atoms with Crippen molar-refractivity contribution in [2.75, 3.05) is 7.05 Å². The van der Waals surface area contributed by atoms with E-state index >= 15 is 0 Å². The summed E-state index contributed by atoms with van der Waals surface area (Å²) >= 11 is 0. The molecule has 19 heavy (non-hydrogen) atoms. The lowest BCUT2D eigenvalue weighted by molar-refractivity contribution is 0.685. The lowest BCUT2D eigenvalue weighted by atomic mass is 9.95. The summed E-state index contributed by atoms with van der Waals surface area (Å²) in [6.07, 6.45) is 6.13. The van der Waals surface area contributed by atoms with Crippen LogP contribution in [-0.4, -0.2) is 12.0 Å². The molecule has 0 saturated carbocycles. The van der Waals surface area contributed by atoms with Crippen LogP contribution in [0, 0.1) is 6.92 Å². The maximum absolute atomic E-state index is 4.17. The van der Waals surface area contributed by atoms with Gasteiger partial charge in [-0.05, 0) is 48.7 Å². The normalized spacial score (nSPS) is 12.4. The Hall–Kier alpha value is -1.67. The van der Waals surface area contributed by atoms with Gasteiger partial charge < -0.3 is 5.32 Å². The third-order valence-electron chi connectivity index (χ3n) is 3.52. The molecule has 0 aliphatic carbocycles. The summed E-state index contributed by atoms with van der Waals surface area (Å²) in [6, 6.07) is 11.3. The molecule has 0 fully saturated rings. The molecule has 0 saturated heterocycles. The molecule has 0 aliphatic rings. The van der Waals surface area contributed by atoms with Crippen LogP contribution in [0.25, 0.3) is 0 Å². The van der Waals surface area contributed by atoms with Crippen molar-refractivity contribution < 1.29 is 0 Å². The van der Waals surface area contributed by atoms with E-state index in [0.717, 1.165) is 6.42 Å². The highest BCUT2D eigenvalue weighted by atomic mass is 14.9. The molecular formula is C17H22N2. The van der Waals surface area contributed by atoms with Crippen molar-refractivity contribution in [2.45, 2.75) is 32.7 Å². The van der Waals surface area contributed by atoms with Gasteiger partial charge in [0, 0.05) is 12.4 Å². The van der Waals surface area contributed by atoms with Crippen LogP contribution in [0.2, 0.25) is 0 Å². The van der Waals surface area contributed by atoms with E-state index in [4.69, 9.17) is 0 Å². The summed E-state index contributed by atoms with van der Waals surface area (Å²) in [7, 11) is 2.00. The Morgan fingerprint density at radius 3 is 2.47 bits per heavy atom. The van der Waals surface area contributed by atoms with Gasteiger partial charge in [-0.1, -0.05) is 37.6 Å². The molecule has 1 heterocycles. The fraction of sp³-hybridized carbons (Fsp3) is 0.353. The number of rotatable bonds is 5. The molecule has 0 radical (unpaired) electrons. The van der Waals surface area contributed by atoms with Crippen LogP contribution in [0.4, 0.5) is 0 Å². The second-order valence-electron chi connectivity index (χ2n) is 4.95. The quantitative estimate of drug-likeness (QED) is 0.881. The minimum absolute atomic E-state index is 0.235. The van der Waals surface area contributed by atoms with E-state index in [9.17, 15) is 0 Å². The van der Waals surface area contributed by atoms with Crippen LogP contribution in [-0.2, 0) is 6.42 Å². The van der Waals surface area contributed by atoms with E-state index in [2.05, 4.69) is 54.5 Å². The van der Waals surface area contributed by atoms with Crippen LogP contribution in [0.5, 0.6) is 0 Å². The van der Waals surface area contributed by atoms with Crippen molar-refractivity contribution in [1.82, 2.24) is 10.3 Å². The lowest BCUT2D eigenvalue weighted by Crippen LogP contribution is -2.18. The number of hydrogen-bond acceptors (Lipinski definition) is 2. The molecule has 0 amide bonds. The number of nitrogens with one attached hydrogen (secondary N) is 1. The zero-order valence-corrected chi connectivity index (χ0v) is 12.0. The van der Waals surface area contributed by atoms with E-state index in [1.54, 1.807) is 0 Å². The standard InChI is InChI=1S/C17H22N2/c1-4-5-14-6-8-15(9-7-14)17(18-3)16-10-11-19-12-13(16)2/h6-12,17-18H,4-5H2,1-3H3. The smallest absolute Gasteiger partial charge is 0.0578 e. The molecule has 1 N–H and O–H groups in total. The molecule has 1 atom stereocenters. The Balaban J connectivity index is 2.29. The fourth-order valence-electron chi connectivity index (χ4n) is 2.48. The fourth-order valence-corrected chi connectivity index (χ4v) is 2.48. The van der Waals surface area contributed by atoms with E-state index in [1.807, 2.05) is 19.4 Å². The highest BCUT2D eigenvalue weighted by molar-refractivity contribution is 5.36. The second kappa shape index (κ2) is 6.48. The Kier molecular flexibility index (Phi) is 4.69. The zero-order valence-electron chi connectivity index (χ0n) is 12.0. The average molecular weight is 254 g/mol. The van der Waals surface area contributed by atoms with Crippen LogP contribution in [0.1, 0.15) is 41.6 Å². The van der Waals surface area contributed by atoms with Crippen molar-refractivity contribution in [3.05, 3.63) is 65.0 Å². The van der Waals surface area contributed by atoms with Gasteiger partial charge in [-0.25, -0.2) is 0 Å². The first-order valence-electron chi connectivity index (χ1n) is 6.93. The van der Waals surface area contributed by atoms with Gasteiger partial charge in [0.15, 0.2) is 0 Å². The predicted octanol–water partition coefficient (Wildman–Crippen LogP) is 3.65. The van der Waals surface area contributed by atoms with Crippen LogP contribution in [0.3, 0.4) is 0 Å². The van der Waals surface area contributed by atoms with Crippen molar-refractivity contribution in [3.8, 4) is 0 Å². The molecule has 2 heteroatoms. The molecule has 2 aromatic rings. The highest BCUT2D eigenvalue weighted by Crippen LogP contribution is 2.24. The molecule has 0 spiro atoms. The van der Waals surface area contributed by atoms with E-state index in [-0.39, 0.29) is 6.04 Å². The van der Waals surface area contributed by atoms with Gasteiger partial charge >= 0.3 is 0 Å². The van der Waals surface area contributed by atoms with Crippen molar-refractivity contribution in [1.29, 1.82) is 0 Å². The molecule has 0 bridgehead atoms. The van der Waals surface area contributed by atoms with Gasteiger partial charge in [0.2, 0.25) is 0 Å². The Morgan fingerprint density at radius 2 is 1.89 bits per heavy atom. The maximum Gasteiger partial charge on any atom is 0.0578 e. The van der Waals surface area contributed by atoms with E-state index in [1.165, 1.54) is 28.7 Å². The molecule has 100 valence electrons. The molecule has 0 aliphatic heterocycles. The monoisotopic (exact) mass is 254 g/mol. The largest absolute Gasteiger partial charge is 0.309 e. The Morgan fingerprint density at radius 1 is 1.16 bits per heavy atom. The van der Waals surface area contributed by atoms with Crippen molar-refractivity contribution >= 4 is 0 Å². The minimum Gasteiger partial charge on any atom is -0.309 e. The first-order chi connectivity index (χ1) is 9.26. The van der Waals surface area contributed by atoms with Crippen LogP contribution < -0.4 is 5.32 Å². The summed E-state index contributed by atoms with van der Waals surface area (Å²) < 4.78 is 0. The number of aromatic nitrogens is 1. The summed E-state index contributed by atoms with van der Waals surface area (Å²) in [4.78, 5) is 4.17. The van der Waals surface area contributed by atoms with Crippen molar-refractivity contribution in [2.24, 2.45) is 0 Å². The molecule has 2 rings (SSSR count). The molecule has 2 nitrogen and oxygen atoms in total. The number of nitrogens with zero attached hydrogens (tertiary/aromatic N) is 1. The van der Waals surface area contributed by atoms with Crippen LogP contribution >= 0.6 is 0 Å².